The quantitative estimate of drug-likeness (QED) is 0.0228. The van der Waals surface area contributed by atoms with Crippen LogP contribution in [0.4, 0.5) is 0 Å². The van der Waals surface area contributed by atoms with Gasteiger partial charge in [-0.1, -0.05) is 213 Å². The Morgan fingerprint density at radius 1 is 0.430 bits per heavy atom. The Labute approximate surface area is 478 Å². The summed E-state index contributed by atoms with van der Waals surface area (Å²) in [6, 6.07) is 0. The number of hydrogen-bond donors (Lipinski definition) is 3. The lowest BCUT2D eigenvalue weighted by molar-refractivity contribution is -0.301. The Balaban J connectivity index is 2.73. The fourth-order valence-electron chi connectivity index (χ4n) is 8.40. The van der Waals surface area contributed by atoms with Crippen LogP contribution < -0.4 is 0 Å². The van der Waals surface area contributed by atoms with Gasteiger partial charge in [-0.05, 0) is 116 Å². The molecule has 0 aromatic rings. The van der Waals surface area contributed by atoms with Gasteiger partial charge in [0, 0.05) is 19.3 Å². The molecule has 0 bridgehead atoms. The van der Waals surface area contributed by atoms with E-state index in [1.165, 1.54) is 32.1 Å². The SMILES string of the molecule is CC/C=C\C/C=C\C/C=C\C/C=C\C/C=C\C/C=C\CCC(=O)OC1C(OCC(COC(=O)CCCCCCCCC/C=C\C/C=C\C/C=C\CC)OC(=O)CCCCCCC/C=C\CCCCCC)OC(C(=O)O)C(O)C1O. The number of unbranched alkanes of at least 4 members (excludes halogenated alkanes) is 16. The number of carboxylic acids is 1. The van der Waals surface area contributed by atoms with Crippen molar-refractivity contribution in [1.29, 1.82) is 0 Å². The molecule has 1 aliphatic rings. The molecule has 0 aromatic carbocycles. The number of aliphatic hydroxyl groups excluding tert-OH is 2. The molecule has 446 valence electrons. The molecule has 0 aliphatic carbocycles. The molecule has 1 fully saturated rings. The summed E-state index contributed by atoms with van der Waals surface area (Å²) < 4.78 is 28.3. The Morgan fingerprint density at radius 3 is 1.28 bits per heavy atom. The third kappa shape index (κ3) is 43.6. The van der Waals surface area contributed by atoms with E-state index in [2.05, 4.69) is 124 Å². The number of hydrogen-bond acceptors (Lipinski definition) is 11. The molecular weight excluding hydrogens is 997 g/mol. The summed E-state index contributed by atoms with van der Waals surface area (Å²) in [6.07, 6.45) is 61.7. The average Bonchev–Trinajstić information content (AvgIpc) is 3.46. The van der Waals surface area contributed by atoms with Crippen LogP contribution in [0.5, 0.6) is 0 Å². The highest BCUT2D eigenvalue weighted by Gasteiger charge is 2.50. The highest BCUT2D eigenvalue weighted by molar-refractivity contribution is 5.74. The first kappa shape index (κ1) is 72.1. The summed E-state index contributed by atoms with van der Waals surface area (Å²) in [7, 11) is 0. The lowest BCUT2D eigenvalue weighted by Crippen LogP contribution is -2.61. The summed E-state index contributed by atoms with van der Waals surface area (Å²) in [5.74, 6) is -3.27. The summed E-state index contributed by atoms with van der Waals surface area (Å²) >= 11 is 0. The average molecular weight is 1100 g/mol. The van der Waals surface area contributed by atoms with Gasteiger partial charge < -0.3 is 39.0 Å². The first-order chi connectivity index (χ1) is 38.6. The molecule has 1 aliphatic heterocycles. The van der Waals surface area contributed by atoms with Crippen LogP contribution in [0.3, 0.4) is 0 Å². The minimum absolute atomic E-state index is 0.0722. The maximum Gasteiger partial charge on any atom is 0.335 e. The van der Waals surface area contributed by atoms with Gasteiger partial charge >= 0.3 is 23.9 Å². The van der Waals surface area contributed by atoms with E-state index in [1.807, 2.05) is 18.2 Å². The van der Waals surface area contributed by atoms with Crippen LogP contribution in [0.1, 0.15) is 226 Å². The van der Waals surface area contributed by atoms with Crippen molar-refractivity contribution in [3.63, 3.8) is 0 Å². The van der Waals surface area contributed by atoms with Gasteiger partial charge in [0.1, 0.15) is 18.8 Å². The van der Waals surface area contributed by atoms with Gasteiger partial charge in [0.05, 0.1) is 6.61 Å². The van der Waals surface area contributed by atoms with E-state index in [9.17, 15) is 34.5 Å². The molecule has 1 rings (SSSR count). The first-order valence-corrected chi connectivity index (χ1v) is 30.5. The van der Waals surface area contributed by atoms with E-state index >= 15 is 0 Å². The van der Waals surface area contributed by atoms with Crippen molar-refractivity contribution in [1.82, 2.24) is 0 Å². The molecule has 6 atom stereocenters. The molecule has 0 spiro atoms. The summed E-state index contributed by atoms with van der Waals surface area (Å²) in [5, 5.41) is 31.5. The molecule has 1 heterocycles. The van der Waals surface area contributed by atoms with Gasteiger partial charge in [-0.2, -0.15) is 0 Å². The molecule has 0 aromatic heterocycles. The molecule has 79 heavy (non-hydrogen) atoms. The van der Waals surface area contributed by atoms with Gasteiger partial charge in [-0.25, -0.2) is 4.79 Å². The topological polar surface area (TPSA) is 175 Å². The molecule has 12 nitrogen and oxygen atoms in total. The van der Waals surface area contributed by atoms with E-state index in [-0.39, 0.29) is 25.9 Å². The lowest BCUT2D eigenvalue weighted by Gasteiger charge is -2.40. The van der Waals surface area contributed by atoms with Crippen LogP contribution in [0.25, 0.3) is 0 Å². The van der Waals surface area contributed by atoms with Crippen molar-refractivity contribution in [2.24, 2.45) is 0 Å². The second-order valence-electron chi connectivity index (χ2n) is 20.2. The Bertz CT molecular complexity index is 1840. The number of carbonyl (C=O) groups is 4. The maximum absolute atomic E-state index is 13.1. The van der Waals surface area contributed by atoms with Crippen LogP contribution >= 0.6 is 0 Å². The predicted octanol–water partition coefficient (Wildman–Crippen LogP) is 16.0. The first-order valence-electron chi connectivity index (χ1n) is 30.5. The third-order valence-electron chi connectivity index (χ3n) is 13.0. The van der Waals surface area contributed by atoms with E-state index in [4.69, 9.17) is 23.7 Å². The van der Waals surface area contributed by atoms with Crippen molar-refractivity contribution in [3.05, 3.63) is 122 Å². The number of allylic oxidation sites excluding steroid dienone is 20. The van der Waals surface area contributed by atoms with Crippen LogP contribution in [0, 0.1) is 0 Å². The van der Waals surface area contributed by atoms with E-state index in [0.29, 0.717) is 25.7 Å². The van der Waals surface area contributed by atoms with E-state index in [0.717, 1.165) is 128 Å². The molecule has 0 amide bonds. The second-order valence-corrected chi connectivity index (χ2v) is 20.2. The number of carboxylic acid groups (broad SMARTS) is 1. The number of esters is 3. The van der Waals surface area contributed by atoms with Gasteiger partial charge in [-0.15, -0.1) is 0 Å². The number of aliphatic carboxylic acids is 1. The van der Waals surface area contributed by atoms with Gasteiger partial charge in [0.15, 0.2) is 24.6 Å². The third-order valence-corrected chi connectivity index (χ3v) is 13.0. The fourth-order valence-corrected chi connectivity index (χ4v) is 8.40. The molecule has 12 heteroatoms. The molecule has 3 N–H and O–H groups in total. The van der Waals surface area contributed by atoms with Crippen LogP contribution in [0.2, 0.25) is 0 Å². The number of rotatable bonds is 50. The van der Waals surface area contributed by atoms with Crippen molar-refractivity contribution >= 4 is 23.9 Å². The van der Waals surface area contributed by atoms with E-state index in [1.54, 1.807) is 0 Å². The fraction of sp³-hybridized carbons (Fsp3) is 0.642. The maximum atomic E-state index is 13.1. The monoisotopic (exact) mass is 1100 g/mol. The Hall–Kier alpha value is -4.88. The predicted molar refractivity (Wildman–Crippen MR) is 321 cm³/mol. The van der Waals surface area contributed by atoms with Gasteiger partial charge in [0.2, 0.25) is 0 Å². The highest BCUT2D eigenvalue weighted by atomic mass is 16.7. The Morgan fingerprint density at radius 2 is 0.823 bits per heavy atom. The minimum Gasteiger partial charge on any atom is -0.479 e. The standard InChI is InChI=1S/C67H106O12/c1-4-7-10-13-16-19-22-25-27-29-30-32-34-37-40-43-46-49-52-55-61(70)78-65-63(72)62(71)64(66(73)74)79-67(65)76-57-58(77-60(69)54-51-48-45-42-39-35-24-21-18-15-12-9-6-3)56-75-59(68)53-50-47-44-41-38-36-33-31-28-26-23-20-17-14-11-8-5-2/h7-8,10-11,16-17,19-21,24-28,30,32,37,40,46,49,58,62-65,67,71-72H,4-6,9,12-15,18,22-23,29,31,33-36,38-39,41-45,47-48,50-57H2,1-3H3,(H,73,74)/b10-7-,11-8-,19-16-,20-17-,24-21-,27-25-,28-26-,32-30-,40-37-,49-46-. The second kappa shape index (κ2) is 53.7. The highest BCUT2D eigenvalue weighted by Crippen LogP contribution is 2.26. The minimum atomic E-state index is -1.94. The lowest BCUT2D eigenvalue weighted by atomic mass is 9.98. The molecule has 0 radical (unpaired) electrons. The Kier molecular flexibility index (Phi) is 49.1. The number of ether oxygens (including phenoxy) is 5. The largest absolute Gasteiger partial charge is 0.479 e. The van der Waals surface area contributed by atoms with Crippen LogP contribution in [0.15, 0.2) is 122 Å². The smallest absolute Gasteiger partial charge is 0.335 e. The van der Waals surface area contributed by atoms with Crippen molar-refractivity contribution in [2.45, 2.75) is 263 Å². The van der Waals surface area contributed by atoms with E-state index < -0.39 is 67.3 Å². The van der Waals surface area contributed by atoms with Crippen molar-refractivity contribution in [3.8, 4) is 0 Å². The van der Waals surface area contributed by atoms with Crippen LogP contribution in [-0.2, 0) is 42.9 Å². The summed E-state index contributed by atoms with van der Waals surface area (Å²) in [5.41, 5.74) is 0. The number of carbonyl (C=O) groups excluding carboxylic acids is 3. The zero-order valence-corrected chi connectivity index (χ0v) is 49.1. The van der Waals surface area contributed by atoms with Crippen molar-refractivity contribution < 1.29 is 58.2 Å². The zero-order chi connectivity index (χ0) is 57.5. The molecule has 0 saturated carbocycles. The summed E-state index contributed by atoms with van der Waals surface area (Å²) in [4.78, 5) is 51.2. The molecule has 6 unspecified atom stereocenters. The molecular formula is C67H106O12. The number of aliphatic hydroxyl groups is 2. The van der Waals surface area contributed by atoms with Gasteiger partial charge in [0.25, 0.3) is 0 Å². The van der Waals surface area contributed by atoms with Crippen LogP contribution in [-0.4, -0.2) is 89.2 Å². The summed E-state index contributed by atoms with van der Waals surface area (Å²) in [6.45, 7) is 5.70. The van der Waals surface area contributed by atoms with Gasteiger partial charge in [-0.3, -0.25) is 14.4 Å². The normalized spacial score (nSPS) is 18.7. The zero-order valence-electron chi connectivity index (χ0n) is 49.1. The van der Waals surface area contributed by atoms with Crippen molar-refractivity contribution in [2.75, 3.05) is 13.2 Å². The molecule has 1 saturated heterocycles.